The lowest BCUT2D eigenvalue weighted by molar-refractivity contribution is -0.135. The van der Waals surface area contributed by atoms with E-state index in [2.05, 4.69) is 5.10 Å². The molecule has 6 nitrogen and oxygen atoms in total. The summed E-state index contributed by atoms with van der Waals surface area (Å²) in [6.45, 7) is 1.01. The Labute approximate surface area is 160 Å². The molecule has 142 valence electrons. The fourth-order valence-corrected chi connectivity index (χ4v) is 4.74. The number of carbonyl (C=O) groups excluding carboxylic acids is 1. The lowest BCUT2D eigenvalue weighted by atomic mass is 10.0. The zero-order valence-electron chi connectivity index (χ0n) is 14.8. The maximum Gasteiger partial charge on any atom is 0.346 e. The van der Waals surface area contributed by atoms with E-state index in [1.807, 2.05) is 4.90 Å². The van der Waals surface area contributed by atoms with E-state index < -0.39 is 11.9 Å². The van der Waals surface area contributed by atoms with E-state index in [1.54, 1.807) is 10.6 Å². The number of nitrogens with zero attached hydrogens (tertiary/aromatic N) is 4. The number of rotatable bonds is 3. The Hall–Kier alpha value is -2.15. The molecule has 2 aliphatic heterocycles. The second-order valence-corrected chi connectivity index (χ2v) is 8.17. The minimum atomic E-state index is -0.494. The Morgan fingerprint density at radius 3 is 2.89 bits per heavy atom. The summed E-state index contributed by atoms with van der Waals surface area (Å²) in [6.07, 6.45) is 4.38. The van der Waals surface area contributed by atoms with Crippen LogP contribution in [-0.2, 0) is 17.8 Å². The highest BCUT2D eigenvalue weighted by atomic mass is 35.5. The van der Waals surface area contributed by atoms with Gasteiger partial charge in [-0.2, -0.15) is 5.10 Å². The van der Waals surface area contributed by atoms with Crippen LogP contribution in [0.2, 0.25) is 5.02 Å². The van der Waals surface area contributed by atoms with Gasteiger partial charge in [0.15, 0.2) is 0 Å². The van der Waals surface area contributed by atoms with Gasteiger partial charge in [-0.15, -0.1) is 0 Å². The van der Waals surface area contributed by atoms with E-state index in [9.17, 15) is 14.0 Å². The van der Waals surface area contributed by atoms with Crippen LogP contribution >= 0.6 is 11.6 Å². The van der Waals surface area contributed by atoms with Crippen LogP contribution in [0.4, 0.5) is 4.39 Å². The van der Waals surface area contributed by atoms with Gasteiger partial charge in [-0.1, -0.05) is 17.7 Å². The van der Waals surface area contributed by atoms with Crippen LogP contribution < -0.4 is 5.69 Å². The van der Waals surface area contributed by atoms with Gasteiger partial charge in [0.2, 0.25) is 5.91 Å². The molecule has 3 heterocycles. The van der Waals surface area contributed by atoms with Crippen LogP contribution in [-0.4, -0.2) is 37.7 Å². The van der Waals surface area contributed by atoms with Crippen molar-refractivity contribution in [1.29, 1.82) is 0 Å². The molecule has 2 aromatic rings. The number of benzene rings is 1. The fourth-order valence-electron chi connectivity index (χ4n) is 4.54. The molecule has 0 bridgehead atoms. The normalized spacial score (nSPS) is 26.0. The zero-order valence-corrected chi connectivity index (χ0v) is 15.5. The first-order valence-corrected chi connectivity index (χ1v) is 9.83. The van der Waals surface area contributed by atoms with Gasteiger partial charge < -0.3 is 4.90 Å². The van der Waals surface area contributed by atoms with E-state index in [4.69, 9.17) is 11.6 Å². The first kappa shape index (κ1) is 17.0. The van der Waals surface area contributed by atoms with Crippen molar-refractivity contribution in [2.75, 3.05) is 6.54 Å². The van der Waals surface area contributed by atoms with Gasteiger partial charge in [0, 0.05) is 19.0 Å². The molecule has 1 saturated heterocycles. The van der Waals surface area contributed by atoms with Gasteiger partial charge in [-0.25, -0.2) is 13.9 Å². The molecule has 2 fully saturated rings. The molecule has 1 aliphatic carbocycles. The molecule has 3 atom stereocenters. The highest BCUT2D eigenvalue weighted by Gasteiger charge is 2.50. The Morgan fingerprint density at radius 1 is 1.33 bits per heavy atom. The van der Waals surface area contributed by atoms with Gasteiger partial charge in [0.05, 0.1) is 11.6 Å². The molecular weight excluding hydrogens is 371 g/mol. The number of amides is 1. The lowest BCUT2D eigenvalue weighted by Gasteiger charge is -2.28. The molecule has 3 aliphatic rings. The predicted octanol–water partition coefficient (Wildman–Crippen LogP) is 2.38. The third-order valence-corrected chi connectivity index (χ3v) is 6.33. The van der Waals surface area contributed by atoms with E-state index >= 15 is 0 Å². The minimum absolute atomic E-state index is 0.0191. The third-order valence-electron chi connectivity index (χ3n) is 6.04. The largest absolute Gasteiger partial charge is 0.346 e. The van der Waals surface area contributed by atoms with Crippen LogP contribution in [0.1, 0.15) is 43.1 Å². The number of aromatic nitrogens is 3. The van der Waals surface area contributed by atoms with Crippen molar-refractivity contribution < 1.29 is 9.18 Å². The van der Waals surface area contributed by atoms with Crippen LogP contribution in [0.3, 0.4) is 0 Å². The summed E-state index contributed by atoms with van der Waals surface area (Å²) in [6, 6.07) is 4.30. The molecular formula is C19H20ClFN4O2. The number of likely N-dealkylation sites (tertiary alicyclic amines) is 1. The number of hydrogen-bond donors (Lipinski definition) is 0. The van der Waals surface area contributed by atoms with Crippen molar-refractivity contribution in [2.24, 2.45) is 5.92 Å². The van der Waals surface area contributed by atoms with Gasteiger partial charge >= 0.3 is 5.69 Å². The summed E-state index contributed by atoms with van der Waals surface area (Å²) < 4.78 is 16.3. The maximum atomic E-state index is 13.4. The van der Waals surface area contributed by atoms with Gasteiger partial charge in [0.1, 0.15) is 17.7 Å². The van der Waals surface area contributed by atoms with Crippen LogP contribution in [0, 0.1) is 11.7 Å². The molecule has 1 aromatic heterocycles. The summed E-state index contributed by atoms with van der Waals surface area (Å²) >= 11 is 5.84. The molecule has 0 N–H and O–H groups in total. The van der Waals surface area contributed by atoms with Crippen molar-refractivity contribution in [3.63, 3.8) is 0 Å². The summed E-state index contributed by atoms with van der Waals surface area (Å²) in [5.41, 5.74) is 0.414. The highest BCUT2D eigenvalue weighted by Crippen LogP contribution is 2.45. The number of hydrogen-bond acceptors (Lipinski definition) is 3. The average molecular weight is 391 g/mol. The van der Waals surface area contributed by atoms with Crippen LogP contribution in [0.25, 0.3) is 0 Å². The Bertz CT molecular complexity index is 985. The Balaban J connectivity index is 1.45. The molecule has 27 heavy (non-hydrogen) atoms. The summed E-state index contributed by atoms with van der Waals surface area (Å²) in [7, 11) is 0. The Kier molecular flexibility index (Phi) is 3.89. The van der Waals surface area contributed by atoms with Crippen molar-refractivity contribution >= 4 is 17.5 Å². The molecule has 1 aromatic carbocycles. The van der Waals surface area contributed by atoms with Crippen molar-refractivity contribution in [2.45, 2.75) is 50.7 Å². The predicted molar refractivity (Wildman–Crippen MR) is 97.2 cm³/mol. The van der Waals surface area contributed by atoms with Crippen molar-refractivity contribution in [1.82, 2.24) is 19.2 Å². The number of piperidine rings is 1. The van der Waals surface area contributed by atoms with Crippen molar-refractivity contribution in [3.8, 4) is 0 Å². The molecule has 2 unspecified atom stereocenters. The maximum absolute atomic E-state index is 13.4. The second-order valence-electron chi connectivity index (χ2n) is 7.77. The SMILES string of the molecule is O=C([C@@H]1CCCc2nn(Cc3ccc(F)c(Cl)c3)c(=O)n21)N1CCC2CC21. The number of fused-ring (bicyclic) bond motifs is 2. The van der Waals surface area contributed by atoms with Crippen molar-refractivity contribution in [3.05, 3.63) is 50.9 Å². The second kappa shape index (κ2) is 6.19. The van der Waals surface area contributed by atoms with E-state index in [-0.39, 0.29) is 23.2 Å². The molecule has 1 saturated carbocycles. The Morgan fingerprint density at radius 2 is 2.19 bits per heavy atom. The number of halogens is 2. The van der Waals surface area contributed by atoms with E-state index in [0.29, 0.717) is 36.2 Å². The molecule has 0 spiro atoms. The van der Waals surface area contributed by atoms with Crippen LogP contribution in [0.5, 0.6) is 0 Å². The summed E-state index contributed by atoms with van der Waals surface area (Å²) in [5, 5.41) is 4.47. The highest BCUT2D eigenvalue weighted by molar-refractivity contribution is 6.30. The van der Waals surface area contributed by atoms with E-state index in [1.165, 1.54) is 16.8 Å². The average Bonchev–Trinajstić information content (AvgIpc) is 3.20. The monoisotopic (exact) mass is 390 g/mol. The first-order chi connectivity index (χ1) is 13.0. The standard InChI is InChI=1S/C19H20ClFN4O2/c20-13-8-11(4-5-14(13)21)10-24-19(27)25-15(2-1-3-17(25)22-24)18(26)23-7-6-12-9-16(12)23/h4-5,8,12,15-16H,1-3,6-7,9-10H2/t12?,15-,16?/m0/s1. The van der Waals surface area contributed by atoms with Gasteiger partial charge in [-0.3, -0.25) is 9.36 Å². The molecule has 5 rings (SSSR count). The molecule has 8 heteroatoms. The minimum Gasteiger partial charge on any atom is -0.338 e. The first-order valence-electron chi connectivity index (χ1n) is 9.45. The summed E-state index contributed by atoms with van der Waals surface area (Å²) in [4.78, 5) is 28.0. The number of carbonyl (C=O) groups is 1. The van der Waals surface area contributed by atoms with E-state index in [0.717, 1.165) is 25.8 Å². The quantitative estimate of drug-likeness (QED) is 0.808. The molecule has 1 amide bonds. The smallest absolute Gasteiger partial charge is 0.338 e. The zero-order chi connectivity index (χ0) is 18.7. The topological polar surface area (TPSA) is 60.1 Å². The van der Waals surface area contributed by atoms with Gasteiger partial charge in [-0.05, 0) is 49.3 Å². The third kappa shape index (κ3) is 2.79. The lowest BCUT2D eigenvalue weighted by Crippen LogP contribution is -2.42. The van der Waals surface area contributed by atoms with Gasteiger partial charge in [0.25, 0.3) is 0 Å². The fraction of sp³-hybridized carbons (Fsp3) is 0.526. The summed E-state index contributed by atoms with van der Waals surface area (Å²) in [5.74, 6) is 0.892. The molecule has 0 radical (unpaired) electrons. The number of aryl methyl sites for hydroxylation is 1. The van der Waals surface area contributed by atoms with Crippen LogP contribution in [0.15, 0.2) is 23.0 Å².